The minimum atomic E-state index is -0.120. The van der Waals surface area contributed by atoms with Gasteiger partial charge in [0.1, 0.15) is 0 Å². The average Bonchev–Trinajstić information content (AvgIpc) is 2.75. The fraction of sp³-hybridized carbons (Fsp3) is 0.800. The zero-order valence-electron chi connectivity index (χ0n) is 9.81. The molecule has 1 aromatic rings. The molecule has 6 heteroatoms. The van der Waals surface area contributed by atoms with Crippen LogP contribution in [0.15, 0.2) is 4.52 Å². The Kier molecular flexibility index (Phi) is 6.91. The van der Waals surface area contributed by atoms with Gasteiger partial charge < -0.3 is 10.3 Å². The number of nitrogens with zero attached hydrogens (tertiary/aromatic N) is 2. The molecule has 0 aliphatic carbocycles. The van der Waals surface area contributed by atoms with Crippen molar-refractivity contribution in [2.24, 2.45) is 5.73 Å². The molecule has 0 spiro atoms. The van der Waals surface area contributed by atoms with Crippen molar-refractivity contribution in [1.82, 2.24) is 10.1 Å². The molecule has 1 heterocycles. The number of aromatic nitrogens is 2. The first kappa shape index (κ1) is 13.9. The summed E-state index contributed by atoms with van der Waals surface area (Å²) in [4.78, 5) is 4.30. The Balaban J connectivity index is 2.37. The lowest BCUT2D eigenvalue weighted by molar-refractivity contribution is 0.350. The Morgan fingerprint density at radius 1 is 1.44 bits per heavy atom. The zero-order chi connectivity index (χ0) is 11.8. The normalized spacial score (nSPS) is 12.9. The van der Waals surface area contributed by atoms with Gasteiger partial charge in [-0.1, -0.05) is 12.1 Å². The number of hydrogen-bond donors (Lipinski definition) is 1. The predicted molar refractivity (Wildman–Crippen MR) is 70.7 cm³/mol. The highest BCUT2D eigenvalue weighted by Gasteiger charge is 2.13. The van der Waals surface area contributed by atoms with Gasteiger partial charge in [0.15, 0.2) is 5.82 Å². The van der Waals surface area contributed by atoms with E-state index in [0.717, 1.165) is 29.5 Å². The zero-order valence-corrected chi connectivity index (χ0v) is 11.4. The number of hydrogen-bond acceptors (Lipinski definition) is 6. The molecular weight excluding hydrogens is 242 g/mol. The van der Waals surface area contributed by atoms with Gasteiger partial charge in [-0.3, -0.25) is 0 Å². The molecular formula is C10H19N3OS2. The highest BCUT2D eigenvalue weighted by Crippen LogP contribution is 2.16. The van der Waals surface area contributed by atoms with E-state index >= 15 is 0 Å². The molecule has 1 atom stereocenters. The smallest absolute Gasteiger partial charge is 0.243 e. The lowest BCUT2D eigenvalue weighted by atomic mass is 10.2. The molecule has 0 fully saturated rings. The highest BCUT2D eigenvalue weighted by molar-refractivity contribution is 7.98. The van der Waals surface area contributed by atoms with Crippen LogP contribution in [0.25, 0.3) is 0 Å². The molecule has 16 heavy (non-hydrogen) atoms. The van der Waals surface area contributed by atoms with Crippen LogP contribution in [-0.2, 0) is 5.75 Å². The van der Waals surface area contributed by atoms with E-state index < -0.39 is 0 Å². The van der Waals surface area contributed by atoms with Crippen LogP contribution < -0.4 is 5.73 Å². The van der Waals surface area contributed by atoms with Crippen LogP contribution in [0.5, 0.6) is 0 Å². The Labute approximate surface area is 105 Å². The minimum Gasteiger partial charge on any atom is -0.338 e. The molecule has 92 valence electrons. The largest absolute Gasteiger partial charge is 0.338 e. The third-order valence-corrected chi connectivity index (χ3v) is 3.82. The quantitative estimate of drug-likeness (QED) is 0.725. The minimum absolute atomic E-state index is 0.120. The van der Waals surface area contributed by atoms with Crippen LogP contribution in [0.3, 0.4) is 0 Å². The average molecular weight is 261 g/mol. The maximum absolute atomic E-state index is 5.93. The fourth-order valence-corrected chi connectivity index (χ4v) is 2.38. The van der Waals surface area contributed by atoms with E-state index in [9.17, 15) is 0 Å². The molecule has 0 aliphatic rings. The lowest BCUT2D eigenvalue weighted by Gasteiger charge is -2.03. The van der Waals surface area contributed by atoms with Gasteiger partial charge >= 0.3 is 0 Å². The summed E-state index contributed by atoms with van der Waals surface area (Å²) in [5.74, 6) is 4.28. The highest BCUT2D eigenvalue weighted by atomic mass is 32.2. The van der Waals surface area contributed by atoms with Crippen LogP contribution in [0.1, 0.15) is 37.5 Å². The van der Waals surface area contributed by atoms with Crippen molar-refractivity contribution in [3.8, 4) is 0 Å². The van der Waals surface area contributed by atoms with Crippen LogP contribution in [-0.4, -0.2) is 27.9 Å². The van der Waals surface area contributed by atoms with Crippen LogP contribution in [0.2, 0.25) is 0 Å². The Morgan fingerprint density at radius 3 is 2.94 bits per heavy atom. The number of thioether (sulfide) groups is 2. The second-order valence-corrected chi connectivity index (χ2v) is 5.58. The van der Waals surface area contributed by atoms with Gasteiger partial charge in [-0.25, -0.2) is 0 Å². The Hall–Kier alpha value is -0.200. The molecule has 1 aromatic heterocycles. The molecule has 1 rings (SSSR count). The number of rotatable bonds is 8. The van der Waals surface area contributed by atoms with Gasteiger partial charge in [0.05, 0.1) is 11.8 Å². The van der Waals surface area contributed by atoms with Gasteiger partial charge in [0, 0.05) is 0 Å². The third kappa shape index (κ3) is 4.76. The maximum atomic E-state index is 5.93. The fourth-order valence-electron chi connectivity index (χ4n) is 1.15. The first-order valence-electron chi connectivity index (χ1n) is 5.42. The van der Waals surface area contributed by atoms with Crippen LogP contribution in [0.4, 0.5) is 0 Å². The topological polar surface area (TPSA) is 64.9 Å². The monoisotopic (exact) mass is 261 g/mol. The lowest BCUT2D eigenvalue weighted by Crippen LogP contribution is -2.11. The van der Waals surface area contributed by atoms with Gasteiger partial charge in [0.2, 0.25) is 5.89 Å². The standard InChI is InChI=1S/C10H19N3OS2/c1-3-5-16-7-9-12-10(14-13-9)8(11)4-6-15-2/h8H,3-7,11H2,1-2H3/t8-/m0/s1. The first-order valence-corrected chi connectivity index (χ1v) is 7.97. The van der Waals surface area contributed by atoms with E-state index in [2.05, 4.69) is 23.3 Å². The second kappa shape index (κ2) is 7.97. The molecule has 0 unspecified atom stereocenters. The van der Waals surface area contributed by atoms with Gasteiger partial charge in [-0.05, 0) is 30.6 Å². The van der Waals surface area contributed by atoms with Crippen molar-refractivity contribution < 1.29 is 4.52 Å². The van der Waals surface area contributed by atoms with Crippen molar-refractivity contribution in [2.75, 3.05) is 17.8 Å². The van der Waals surface area contributed by atoms with E-state index in [0.29, 0.717) is 5.89 Å². The maximum Gasteiger partial charge on any atom is 0.243 e. The Morgan fingerprint density at radius 2 is 2.25 bits per heavy atom. The SMILES string of the molecule is CCCSCc1noc([C@@H](N)CCSC)n1. The molecule has 2 N–H and O–H groups in total. The molecule has 4 nitrogen and oxygen atoms in total. The molecule has 0 radical (unpaired) electrons. The van der Waals surface area contributed by atoms with E-state index in [-0.39, 0.29) is 6.04 Å². The van der Waals surface area contributed by atoms with Crippen LogP contribution >= 0.6 is 23.5 Å². The van der Waals surface area contributed by atoms with E-state index in [1.165, 1.54) is 6.42 Å². The molecule has 0 amide bonds. The van der Waals surface area contributed by atoms with Crippen molar-refractivity contribution in [1.29, 1.82) is 0 Å². The summed E-state index contributed by atoms with van der Waals surface area (Å²) < 4.78 is 5.15. The summed E-state index contributed by atoms with van der Waals surface area (Å²) in [7, 11) is 0. The van der Waals surface area contributed by atoms with E-state index in [1.54, 1.807) is 11.8 Å². The molecule has 0 aromatic carbocycles. The molecule has 0 bridgehead atoms. The van der Waals surface area contributed by atoms with Crippen molar-refractivity contribution in [3.63, 3.8) is 0 Å². The van der Waals surface area contributed by atoms with Gasteiger partial charge in [0.25, 0.3) is 0 Å². The first-order chi connectivity index (χ1) is 7.77. The number of nitrogens with two attached hydrogens (primary N) is 1. The molecule has 0 aliphatic heterocycles. The van der Waals surface area contributed by atoms with Crippen LogP contribution in [0, 0.1) is 0 Å². The molecule has 0 saturated carbocycles. The van der Waals surface area contributed by atoms with E-state index in [4.69, 9.17) is 10.3 Å². The predicted octanol–water partition coefficient (Wildman–Crippen LogP) is 2.47. The Bertz CT molecular complexity index is 293. The van der Waals surface area contributed by atoms with Gasteiger partial charge in [-0.15, -0.1) is 0 Å². The summed E-state index contributed by atoms with van der Waals surface area (Å²) in [5, 5.41) is 3.92. The molecule has 0 saturated heterocycles. The summed E-state index contributed by atoms with van der Waals surface area (Å²) in [5.41, 5.74) is 5.93. The van der Waals surface area contributed by atoms with E-state index in [1.807, 2.05) is 11.8 Å². The van der Waals surface area contributed by atoms with Gasteiger partial charge in [-0.2, -0.15) is 28.5 Å². The van der Waals surface area contributed by atoms with Crippen molar-refractivity contribution in [2.45, 2.75) is 31.6 Å². The van der Waals surface area contributed by atoms with Crippen molar-refractivity contribution >= 4 is 23.5 Å². The summed E-state index contributed by atoms with van der Waals surface area (Å²) in [6.45, 7) is 2.16. The van der Waals surface area contributed by atoms with Crippen molar-refractivity contribution in [3.05, 3.63) is 11.7 Å². The summed E-state index contributed by atoms with van der Waals surface area (Å²) in [6.07, 6.45) is 4.11. The third-order valence-electron chi connectivity index (χ3n) is 2.01. The second-order valence-electron chi connectivity index (χ2n) is 3.49. The summed E-state index contributed by atoms with van der Waals surface area (Å²) >= 11 is 3.59. The summed E-state index contributed by atoms with van der Waals surface area (Å²) in [6, 6.07) is -0.120.